The normalized spacial score (nSPS) is 20.9. The van der Waals surface area contributed by atoms with Crippen LogP contribution in [0.25, 0.3) is 0 Å². The highest BCUT2D eigenvalue weighted by molar-refractivity contribution is 5.38. The number of nitrogens with one attached hydrogen (secondary N) is 1. The van der Waals surface area contributed by atoms with Crippen LogP contribution in [-0.4, -0.2) is 22.9 Å². The lowest BCUT2D eigenvalue weighted by atomic mass is 9.87. The summed E-state index contributed by atoms with van der Waals surface area (Å²) < 4.78 is 0. The molecule has 17 heavy (non-hydrogen) atoms. The highest BCUT2D eigenvalue weighted by Gasteiger charge is 2.20. The van der Waals surface area contributed by atoms with E-state index in [4.69, 9.17) is 0 Å². The Hall–Kier alpha value is -1.06. The van der Waals surface area contributed by atoms with Crippen molar-refractivity contribution in [2.45, 2.75) is 44.8 Å². The summed E-state index contributed by atoms with van der Waals surface area (Å²) in [4.78, 5) is 0. The van der Waals surface area contributed by atoms with Crippen LogP contribution in [0.3, 0.4) is 0 Å². The fraction of sp³-hybridized carbons (Fsp3) is 0.571. The van der Waals surface area contributed by atoms with Crippen LogP contribution in [0.5, 0.6) is 5.75 Å². The first-order chi connectivity index (χ1) is 8.20. The summed E-state index contributed by atoms with van der Waals surface area (Å²) in [6.07, 6.45) is 3.79. The van der Waals surface area contributed by atoms with E-state index in [-0.39, 0.29) is 6.10 Å². The number of hydrogen-bond donors (Lipinski definition) is 3. The molecule has 2 unspecified atom stereocenters. The fourth-order valence-electron chi connectivity index (χ4n) is 2.44. The number of phenols is 1. The zero-order chi connectivity index (χ0) is 12.3. The molecular formula is C14H21NO2. The van der Waals surface area contributed by atoms with Gasteiger partial charge in [-0.05, 0) is 48.9 Å². The second kappa shape index (κ2) is 5.52. The van der Waals surface area contributed by atoms with Crippen LogP contribution in [0.15, 0.2) is 18.2 Å². The zero-order valence-corrected chi connectivity index (χ0v) is 10.3. The Morgan fingerprint density at radius 3 is 3.06 bits per heavy atom. The van der Waals surface area contributed by atoms with Gasteiger partial charge < -0.3 is 15.5 Å². The minimum atomic E-state index is -0.266. The number of aryl methyl sites for hydroxylation is 1. The average Bonchev–Trinajstić information content (AvgIpc) is 2.35. The Labute approximate surface area is 102 Å². The summed E-state index contributed by atoms with van der Waals surface area (Å²) >= 11 is 0. The molecular weight excluding hydrogens is 214 g/mol. The van der Waals surface area contributed by atoms with Gasteiger partial charge in [-0.1, -0.05) is 13.0 Å². The van der Waals surface area contributed by atoms with Crippen molar-refractivity contribution in [1.29, 1.82) is 0 Å². The second-order valence-electron chi connectivity index (χ2n) is 4.80. The van der Waals surface area contributed by atoms with E-state index < -0.39 is 0 Å². The third-order valence-electron chi connectivity index (χ3n) is 3.51. The fourth-order valence-corrected chi connectivity index (χ4v) is 2.44. The number of benzene rings is 1. The standard InChI is InChI=1S/C14H21NO2/c1-2-11(16)9-15-14-5-3-4-10-8-12(17)6-7-13(10)14/h6-8,11,14-17H,2-5,9H2,1H3. The van der Waals surface area contributed by atoms with Gasteiger partial charge in [-0.15, -0.1) is 0 Å². The van der Waals surface area contributed by atoms with Gasteiger partial charge in [0.25, 0.3) is 0 Å². The quantitative estimate of drug-likeness (QED) is 0.749. The first-order valence-corrected chi connectivity index (χ1v) is 6.44. The molecule has 0 amide bonds. The van der Waals surface area contributed by atoms with Crippen molar-refractivity contribution in [3.8, 4) is 5.75 Å². The maximum atomic E-state index is 9.58. The molecule has 0 bridgehead atoms. The van der Waals surface area contributed by atoms with Crippen LogP contribution in [0, 0.1) is 0 Å². The highest BCUT2D eigenvalue weighted by atomic mass is 16.3. The number of aromatic hydroxyl groups is 1. The van der Waals surface area contributed by atoms with Crippen LogP contribution >= 0.6 is 0 Å². The molecule has 1 aromatic rings. The zero-order valence-electron chi connectivity index (χ0n) is 10.3. The van der Waals surface area contributed by atoms with E-state index in [1.54, 1.807) is 6.07 Å². The van der Waals surface area contributed by atoms with Gasteiger partial charge in [0.2, 0.25) is 0 Å². The molecule has 3 heteroatoms. The first kappa shape index (κ1) is 12.4. The molecule has 0 aliphatic heterocycles. The Morgan fingerprint density at radius 1 is 1.47 bits per heavy atom. The first-order valence-electron chi connectivity index (χ1n) is 6.44. The van der Waals surface area contributed by atoms with Gasteiger partial charge in [-0.3, -0.25) is 0 Å². The molecule has 0 spiro atoms. The Morgan fingerprint density at radius 2 is 2.29 bits per heavy atom. The largest absolute Gasteiger partial charge is 0.508 e. The lowest BCUT2D eigenvalue weighted by Gasteiger charge is -2.27. The van der Waals surface area contributed by atoms with Crippen LogP contribution in [0.4, 0.5) is 0 Å². The van der Waals surface area contributed by atoms with Gasteiger partial charge in [0.05, 0.1) is 6.10 Å². The SMILES string of the molecule is CCC(O)CNC1CCCc2cc(O)ccc21. The number of aliphatic hydroxyl groups is 1. The molecule has 2 rings (SSSR count). The number of phenolic OH excluding ortho intramolecular Hbond substituents is 1. The van der Waals surface area contributed by atoms with E-state index in [2.05, 4.69) is 5.32 Å². The van der Waals surface area contributed by atoms with Crippen molar-refractivity contribution >= 4 is 0 Å². The van der Waals surface area contributed by atoms with E-state index in [9.17, 15) is 10.2 Å². The summed E-state index contributed by atoms with van der Waals surface area (Å²) in [5.74, 6) is 0.345. The highest BCUT2D eigenvalue weighted by Crippen LogP contribution is 2.31. The third kappa shape index (κ3) is 2.99. The molecule has 94 valence electrons. The average molecular weight is 235 g/mol. The number of rotatable bonds is 4. The monoisotopic (exact) mass is 235 g/mol. The van der Waals surface area contributed by atoms with Crippen molar-refractivity contribution in [2.24, 2.45) is 0 Å². The van der Waals surface area contributed by atoms with Crippen molar-refractivity contribution in [1.82, 2.24) is 5.32 Å². The van der Waals surface area contributed by atoms with Crippen LogP contribution < -0.4 is 5.32 Å². The van der Waals surface area contributed by atoms with E-state index in [1.165, 1.54) is 11.1 Å². The predicted molar refractivity (Wildman–Crippen MR) is 68.1 cm³/mol. The Balaban J connectivity index is 2.06. The minimum Gasteiger partial charge on any atom is -0.508 e. The maximum Gasteiger partial charge on any atom is 0.115 e. The van der Waals surface area contributed by atoms with E-state index in [0.29, 0.717) is 18.3 Å². The molecule has 0 saturated heterocycles. The predicted octanol–water partition coefficient (Wildman–Crippen LogP) is 2.13. The van der Waals surface area contributed by atoms with Gasteiger partial charge in [-0.2, -0.15) is 0 Å². The van der Waals surface area contributed by atoms with Gasteiger partial charge in [0.15, 0.2) is 0 Å². The molecule has 2 atom stereocenters. The lowest BCUT2D eigenvalue weighted by molar-refractivity contribution is 0.161. The molecule has 0 saturated carbocycles. The van der Waals surface area contributed by atoms with Crippen molar-refractivity contribution in [3.05, 3.63) is 29.3 Å². The van der Waals surface area contributed by atoms with Crippen molar-refractivity contribution in [3.63, 3.8) is 0 Å². The Kier molecular flexibility index (Phi) is 4.02. The molecule has 3 nitrogen and oxygen atoms in total. The molecule has 0 heterocycles. The minimum absolute atomic E-state index is 0.266. The maximum absolute atomic E-state index is 9.58. The molecule has 1 aliphatic rings. The smallest absolute Gasteiger partial charge is 0.115 e. The van der Waals surface area contributed by atoms with Crippen molar-refractivity contribution in [2.75, 3.05) is 6.54 Å². The van der Waals surface area contributed by atoms with Crippen LogP contribution in [-0.2, 0) is 6.42 Å². The molecule has 0 radical (unpaired) electrons. The van der Waals surface area contributed by atoms with Crippen molar-refractivity contribution < 1.29 is 10.2 Å². The summed E-state index contributed by atoms with van der Waals surface area (Å²) in [5, 5.41) is 22.5. The Bertz CT molecular complexity index is 378. The lowest BCUT2D eigenvalue weighted by Crippen LogP contribution is -2.31. The summed E-state index contributed by atoms with van der Waals surface area (Å²) in [7, 11) is 0. The molecule has 1 aromatic carbocycles. The summed E-state index contributed by atoms with van der Waals surface area (Å²) in [6.45, 7) is 2.63. The van der Waals surface area contributed by atoms with Gasteiger partial charge >= 0.3 is 0 Å². The number of hydrogen-bond acceptors (Lipinski definition) is 3. The van der Waals surface area contributed by atoms with Gasteiger partial charge in [0, 0.05) is 12.6 Å². The van der Waals surface area contributed by atoms with E-state index in [1.807, 2.05) is 19.1 Å². The number of aliphatic hydroxyl groups excluding tert-OH is 1. The van der Waals surface area contributed by atoms with E-state index >= 15 is 0 Å². The second-order valence-corrected chi connectivity index (χ2v) is 4.80. The van der Waals surface area contributed by atoms with Crippen LogP contribution in [0.2, 0.25) is 0 Å². The van der Waals surface area contributed by atoms with Gasteiger partial charge in [-0.25, -0.2) is 0 Å². The van der Waals surface area contributed by atoms with Crippen LogP contribution in [0.1, 0.15) is 43.4 Å². The van der Waals surface area contributed by atoms with Gasteiger partial charge in [0.1, 0.15) is 5.75 Å². The molecule has 0 fully saturated rings. The molecule has 3 N–H and O–H groups in total. The molecule has 1 aliphatic carbocycles. The van der Waals surface area contributed by atoms with E-state index in [0.717, 1.165) is 25.7 Å². The molecule has 0 aromatic heterocycles. The topological polar surface area (TPSA) is 52.5 Å². The third-order valence-corrected chi connectivity index (χ3v) is 3.51. The summed E-state index contributed by atoms with van der Waals surface area (Å²) in [6, 6.07) is 5.93. The number of fused-ring (bicyclic) bond motifs is 1. The summed E-state index contributed by atoms with van der Waals surface area (Å²) in [5.41, 5.74) is 2.51.